The number of aromatic hydroxyl groups is 1. The SMILES string of the molecule is Cc1cc(Br)c(O)cc1C1(O)CC1. The predicted octanol–water partition coefficient (Wildman–Crippen LogP) is 2.44. The normalized spacial score (nSPS) is 18.7. The highest BCUT2D eigenvalue weighted by Crippen LogP contribution is 2.48. The van der Waals surface area contributed by atoms with Crippen LogP contribution in [0.2, 0.25) is 0 Å². The highest BCUT2D eigenvalue weighted by Gasteiger charge is 2.43. The van der Waals surface area contributed by atoms with E-state index in [9.17, 15) is 10.2 Å². The Bertz CT molecular complexity index is 356. The van der Waals surface area contributed by atoms with Crippen molar-refractivity contribution in [2.24, 2.45) is 0 Å². The summed E-state index contributed by atoms with van der Waals surface area (Å²) in [5, 5.41) is 19.3. The lowest BCUT2D eigenvalue weighted by Crippen LogP contribution is -2.06. The van der Waals surface area contributed by atoms with E-state index in [1.165, 1.54) is 0 Å². The number of phenolic OH excluding ortho intramolecular Hbond substituents is 1. The Hall–Kier alpha value is -0.540. The van der Waals surface area contributed by atoms with Crippen LogP contribution in [-0.4, -0.2) is 10.2 Å². The first-order valence-corrected chi connectivity index (χ1v) is 5.04. The number of benzene rings is 1. The molecule has 0 unspecified atom stereocenters. The molecule has 1 aromatic carbocycles. The smallest absolute Gasteiger partial charge is 0.130 e. The molecule has 2 nitrogen and oxygen atoms in total. The summed E-state index contributed by atoms with van der Waals surface area (Å²) in [6.07, 6.45) is 1.60. The summed E-state index contributed by atoms with van der Waals surface area (Å²) in [5.41, 5.74) is 1.21. The van der Waals surface area contributed by atoms with Gasteiger partial charge in [-0.05, 0) is 59.0 Å². The lowest BCUT2D eigenvalue weighted by molar-refractivity contribution is 0.150. The topological polar surface area (TPSA) is 40.5 Å². The third kappa shape index (κ3) is 1.46. The van der Waals surface area contributed by atoms with Gasteiger partial charge in [0.1, 0.15) is 5.75 Å². The van der Waals surface area contributed by atoms with Crippen molar-refractivity contribution in [3.8, 4) is 5.75 Å². The van der Waals surface area contributed by atoms with Crippen LogP contribution in [0.3, 0.4) is 0 Å². The third-order valence-electron chi connectivity index (χ3n) is 2.52. The van der Waals surface area contributed by atoms with Crippen LogP contribution in [-0.2, 0) is 5.60 Å². The van der Waals surface area contributed by atoms with Crippen molar-refractivity contribution < 1.29 is 10.2 Å². The number of hydrogen-bond acceptors (Lipinski definition) is 2. The summed E-state index contributed by atoms with van der Waals surface area (Å²) in [4.78, 5) is 0. The van der Waals surface area contributed by atoms with E-state index in [-0.39, 0.29) is 5.75 Å². The molecule has 2 N–H and O–H groups in total. The molecule has 1 aliphatic rings. The number of hydrogen-bond donors (Lipinski definition) is 2. The van der Waals surface area contributed by atoms with Gasteiger partial charge in [-0.15, -0.1) is 0 Å². The molecule has 13 heavy (non-hydrogen) atoms. The fraction of sp³-hybridized carbons (Fsp3) is 0.400. The minimum absolute atomic E-state index is 0.195. The Morgan fingerprint density at radius 3 is 2.54 bits per heavy atom. The van der Waals surface area contributed by atoms with Crippen molar-refractivity contribution in [3.05, 3.63) is 27.7 Å². The summed E-state index contributed by atoms with van der Waals surface area (Å²) in [5.74, 6) is 0.195. The van der Waals surface area contributed by atoms with E-state index in [1.807, 2.05) is 13.0 Å². The average molecular weight is 243 g/mol. The number of aliphatic hydroxyl groups is 1. The second-order valence-electron chi connectivity index (χ2n) is 3.65. The summed E-state index contributed by atoms with van der Waals surface area (Å²) < 4.78 is 0.679. The van der Waals surface area contributed by atoms with E-state index in [1.54, 1.807) is 6.07 Å². The Morgan fingerprint density at radius 2 is 2.00 bits per heavy atom. The van der Waals surface area contributed by atoms with Gasteiger partial charge in [0.05, 0.1) is 10.1 Å². The lowest BCUT2D eigenvalue weighted by atomic mass is 10.0. The zero-order chi connectivity index (χ0) is 9.64. The zero-order valence-corrected chi connectivity index (χ0v) is 8.93. The van der Waals surface area contributed by atoms with Crippen LogP contribution in [0.25, 0.3) is 0 Å². The van der Waals surface area contributed by atoms with Crippen molar-refractivity contribution in [1.29, 1.82) is 0 Å². The Morgan fingerprint density at radius 1 is 1.38 bits per heavy atom. The molecule has 0 atom stereocenters. The molecule has 1 fully saturated rings. The maximum Gasteiger partial charge on any atom is 0.130 e. The van der Waals surface area contributed by atoms with E-state index in [0.29, 0.717) is 4.47 Å². The van der Waals surface area contributed by atoms with Crippen LogP contribution >= 0.6 is 15.9 Å². The predicted molar refractivity (Wildman–Crippen MR) is 53.7 cm³/mol. The highest BCUT2D eigenvalue weighted by molar-refractivity contribution is 9.10. The first kappa shape index (κ1) is 9.03. The molecule has 1 aromatic rings. The summed E-state index contributed by atoms with van der Waals surface area (Å²) >= 11 is 3.24. The average Bonchev–Trinajstić information content (AvgIpc) is 2.77. The summed E-state index contributed by atoms with van der Waals surface area (Å²) in [6, 6.07) is 3.48. The first-order valence-electron chi connectivity index (χ1n) is 4.25. The van der Waals surface area contributed by atoms with E-state index in [0.717, 1.165) is 24.0 Å². The Kier molecular flexibility index (Phi) is 1.89. The van der Waals surface area contributed by atoms with E-state index >= 15 is 0 Å². The van der Waals surface area contributed by atoms with Crippen molar-refractivity contribution >= 4 is 15.9 Å². The first-order chi connectivity index (χ1) is 6.03. The van der Waals surface area contributed by atoms with Gasteiger partial charge in [0.15, 0.2) is 0 Å². The molecule has 2 rings (SSSR count). The van der Waals surface area contributed by atoms with Gasteiger partial charge in [-0.25, -0.2) is 0 Å². The summed E-state index contributed by atoms with van der Waals surface area (Å²) in [7, 11) is 0. The highest BCUT2D eigenvalue weighted by atomic mass is 79.9. The van der Waals surface area contributed by atoms with Gasteiger partial charge in [0.25, 0.3) is 0 Å². The molecule has 0 spiro atoms. The van der Waals surface area contributed by atoms with Crippen LogP contribution in [0.4, 0.5) is 0 Å². The lowest BCUT2D eigenvalue weighted by Gasteiger charge is -2.12. The maximum atomic E-state index is 9.87. The van der Waals surface area contributed by atoms with Crippen molar-refractivity contribution in [2.75, 3.05) is 0 Å². The molecule has 0 bridgehead atoms. The van der Waals surface area contributed by atoms with Crippen LogP contribution in [0, 0.1) is 6.92 Å². The second kappa shape index (κ2) is 2.72. The molecule has 0 aromatic heterocycles. The minimum Gasteiger partial charge on any atom is -0.507 e. The molecular weight excluding hydrogens is 232 g/mol. The number of aryl methyl sites for hydroxylation is 1. The van der Waals surface area contributed by atoms with Crippen molar-refractivity contribution in [1.82, 2.24) is 0 Å². The standard InChI is InChI=1S/C10H11BrO2/c1-6-4-8(11)9(12)5-7(6)10(13)2-3-10/h4-5,12-13H,2-3H2,1H3. The van der Waals surface area contributed by atoms with Gasteiger partial charge < -0.3 is 10.2 Å². The van der Waals surface area contributed by atoms with Crippen LogP contribution in [0.5, 0.6) is 5.75 Å². The van der Waals surface area contributed by atoms with E-state index in [2.05, 4.69) is 15.9 Å². The van der Waals surface area contributed by atoms with Gasteiger partial charge in [-0.1, -0.05) is 0 Å². The van der Waals surface area contributed by atoms with E-state index < -0.39 is 5.60 Å². The van der Waals surface area contributed by atoms with Crippen molar-refractivity contribution in [2.45, 2.75) is 25.4 Å². The molecule has 1 saturated carbocycles. The molecule has 1 aliphatic carbocycles. The molecule has 0 aliphatic heterocycles. The molecule has 70 valence electrons. The van der Waals surface area contributed by atoms with Gasteiger partial charge in [0, 0.05) is 0 Å². The number of rotatable bonds is 1. The number of phenols is 1. The molecule has 0 heterocycles. The van der Waals surface area contributed by atoms with Gasteiger partial charge in [0.2, 0.25) is 0 Å². The van der Waals surface area contributed by atoms with E-state index in [4.69, 9.17) is 0 Å². The van der Waals surface area contributed by atoms with Crippen LogP contribution < -0.4 is 0 Å². The largest absolute Gasteiger partial charge is 0.507 e. The quantitative estimate of drug-likeness (QED) is 0.795. The monoisotopic (exact) mass is 242 g/mol. The maximum absolute atomic E-state index is 9.87. The Balaban J connectivity index is 2.52. The third-order valence-corrected chi connectivity index (χ3v) is 3.15. The zero-order valence-electron chi connectivity index (χ0n) is 7.34. The second-order valence-corrected chi connectivity index (χ2v) is 4.50. The van der Waals surface area contributed by atoms with Crippen molar-refractivity contribution in [3.63, 3.8) is 0 Å². The fourth-order valence-corrected chi connectivity index (χ4v) is 2.01. The molecule has 0 amide bonds. The molecule has 0 saturated heterocycles. The van der Waals surface area contributed by atoms with Gasteiger partial charge >= 0.3 is 0 Å². The van der Waals surface area contributed by atoms with Gasteiger partial charge in [-0.3, -0.25) is 0 Å². The minimum atomic E-state index is -0.664. The van der Waals surface area contributed by atoms with Gasteiger partial charge in [-0.2, -0.15) is 0 Å². The fourth-order valence-electron chi connectivity index (χ4n) is 1.55. The summed E-state index contributed by atoms with van der Waals surface area (Å²) in [6.45, 7) is 1.94. The van der Waals surface area contributed by atoms with Crippen LogP contribution in [0.15, 0.2) is 16.6 Å². The van der Waals surface area contributed by atoms with Crippen LogP contribution in [0.1, 0.15) is 24.0 Å². The Labute approximate surface area is 85.3 Å². The number of halogens is 1. The molecular formula is C10H11BrO2. The molecule has 0 radical (unpaired) electrons. The molecule has 3 heteroatoms.